The lowest BCUT2D eigenvalue weighted by Gasteiger charge is -2.09. The van der Waals surface area contributed by atoms with Gasteiger partial charge in [0.05, 0.1) is 18.1 Å². The van der Waals surface area contributed by atoms with Crippen molar-refractivity contribution in [2.75, 3.05) is 12.4 Å². The molecule has 2 rings (SSSR count). The third-order valence-corrected chi connectivity index (χ3v) is 3.27. The summed E-state index contributed by atoms with van der Waals surface area (Å²) in [5.74, 6) is 0.466. The van der Waals surface area contributed by atoms with Gasteiger partial charge in [-0.1, -0.05) is 31.2 Å². The van der Waals surface area contributed by atoms with Gasteiger partial charge in [-0.3, -0.25) is 10.1 Å². The lowest BCUT2D eigenvalue weighted by Crippen LogP contribution is -2.01. The summed E-state index contributed by atoms with van der Waals surface area (Å²) in [4.78, 5) is 10.5. The molecule has 0 atom stereocenters. The smallest absolute Gasteiger partial charge is 0.275 e. The fourth-order valence-electron chi connectivity index (χ4n) is 2.01. The molecule has 0 saturated carbocycles. The average molecular weight is 286 g/mol. The van der Waals surface area contributed by atoms with E-state index in [2.05, 4.69) is 36.5 Å². The minimum absolute atomic E-state index is 0.0122. The Morgan fingerprint density at radius 3 is 2.38 bits per heavy atom. The van der Waals surface area contributed by atoms with Crippen LogP contribution < -0.4 is 10.1 Å². The van der Waals surface area contributed by atoms with E-state index in [0.717, 1.165) is 12.0 Å². The minimum Gasteiger partial charge on any atom is -0.496 e. The van der Waals surface area contributed by atoms with Crippen LogP contribution in [0.15, 0.2) is 42.5 Å². The number of nitro groups is 1. The van der Waals surface area contributed by atoms with E-state index in [1.54, 1.807) is 6.07 Å². The first-order valence-corrected chi connectivity index (χ1v) is 6.77. The van der Waals surface area contributed by atoms with Crippen LogP contribution in [0.2, 0.25) is 0 Å². The monoisotopic (exact) mass is 286 g/mol. The quantitative estimate of drug-likeness (QED) is 0.648. The van der Waals surface area contributed by atoms with Crippen molar-refractivity contribution in [3.05, 3.63) is 63.7 Å². The van der Waals surface area contributed by atoms with Crippen molar-refractivity contribution < 1.29 is 9.66 Å². The molecule has 5 heteroatoms. The van der Waals surface area contributed by atoms with Crippen molar-refractivity contribution in [2.45, 2.75) is 19.9 Å². The van der Waals surface area contributed by atoms with Gasteiger partial charge in [0.1, 0.15) is 5.75 Å². The van der Waals surface area contributed by atoms with Crippen molar-refractivity contribution in [3.63, 3.8) is 0 Å². The summed E-state index contributed by atoms with van der Waals surface area (Å²) < 4.78 is 5.08. The normalized spacial score (nSPS) is 10.2. The molecule has 0 spiro atoms. The van der Waals surface area contributed by atoms with E-state index in [9.17, 15) is 10.1 Å². The van der Waals surface area contributed by atoms with E-state index >= 15 is 0 Å². The van der Waals surface area contributed by atoms with Crippen LogP contribution in [-0.2, 0) is 13.0 Å². The molecule has 0 heterocycles. The van der Waals surface area contributed by atoms with Gasteiger partial charge < -0.3 is 10.1 Å². The topological polar surface area (TPSA) is 64.4 Å². The van der Waals surface area contributed by atoms with Crippen LogP contribution in [0.1, 0.15) is 18.1 Å². The van der Waals surface area contributed by atoms with Crippen LogP contribution in [0.5, 0.6) is 5.75 Å². The Morgan fingerprint density at radius 2 is 1.81 bits per heavy atom. The number of nitrogens with one attached hydrogen (secondary N) is 1. The molecule has 0 bridgehead atoms. The first-order chi connectivity index (χ1) is 10.1. The number of nitrogens with zero attached hydrogens (tertiary/aromatic N) is 1. The molecule has 0 aromatic heterocycles. The second-order valence-corrected chi connectivity index (χ2v) is 4.70. The van der Waals surface area contributed by atoms with Crippen molar-refractivity contribution in [2.24, 2.45) is 0 Å². The van der Waals surface area contributed by atoms with Gasteiger partial charge in [0, 0.05) is 24.4 Å². The van der Waals surface area contributed by atoms with Gasteiger partial charge >= 0.3 is 0 Å². The maximum atomic E-state index is 10.9. The van der Waals surface area contributed by atoms with Gasteiger partial charge in [0.25, 0.3) is 5.69 Å². The number of aryl methyl sites for hydroxylation is 1. The maximum Gasteiger partial charge on any atom is 0.275 e. The van der Waals surface area contributed by atoms with Crippen LogP contribution in [0.3, 0.4) is 0 Å². The van der Waals surface area contributed by atoms with Crippen molar-refractivity contribution in [1.29, 1.82) is 0 Å². The molecule has 0 aliphatic heterocycles. The third kappa shape index (κ3) is 3.95. The summed E-state index contributed by atoms with van der Waals surface area (Å²) in [6, 6.07) is 12.9. The van der Waals surface area contributed by atoms with Crippen LogP contribution in [-0.4, -0.2) is 12.0 Å². The number of anilines is 1. The number of methoxy groups -OCH3 is 1. The summed E-state index contributed by atoms with van der Waals surface area (Å²) in [5.41, 5.74) is 3.09. The second-order valence-electron chi connectivity index (χ2n) is 4.70. The molecule has 1 N–H and O–H groups in total. The summed E-state index contributed by atoms with van der Waals surface area (Å²) in [5, 5.41) is 14.1. The number of nitro benzene ring substituents is 1. The Morgan fingerprint density at radius 1 is 1.14 bits per heavy atom. The summed E-state index contributed by atoms with van der Waals surface area (Å²) >= 11 is 0. The average Bonchev–Trinajstić information content (AvgIpc) is 2.53. The highest BCUT2D eigenvalue weighted by Gasteiger charge is 2.10. The molecule has 0 radical (unpaired) electrons. The zero-order chi connectivity index (χ0) is 15.2. The van der Waals surface area contributed by atoms with Crippen molar-refractivity contribution in [1.82, 2.24) is 0 Å². The Balaban J connectivity index is 2.11. The predicted molar refractivity (Wildman–Crippen MR) is 82.8 cm³/mol. The molecular weight excluding hydrogens is 268 g/mol. The summed E-state index contributed by atoms with van der Waals surface area (Å²) in [6.45, 7) is 2.72. The van der Waals surface area contributed by atoms with Crippen LogP contribution in [0, 0.1) is 10.1 Å². The SMILES string of the molecule is CCc1ccc(CNc2cc(OC)cc([N+](=O)[O-])c2)cc1. The molecule has 2 aromatic carbocycles. The van der Waals surface area contributed by atoms with Crippen molar-refractivity contribution >= 4 is 11.4 Å². The molecular formula is C16H18N2O3. The van der Waals surface area contributed by atoms with Crippen LogP contribution >= 0.6 is 0 Å². The molecule has 0 aliphatic carbocycles. The maximum absolute atomic E-state index is 10.9. The fourth-order valence-corrected chi connectivity index (χ4v) is 2.01. The molecule has 0 unspecified atom stereocenters. The van der Waals surface area contributed by atoms with Gasteiger partial charge in [-0.05, 0) is 17.5 Å². The Hall–Kier alpha value is -2.56. The van der Waals surface area contributed by atoms with Crippen LogP contribution in [0.4, 0.5) is 11.4 Å². The lowest BCUT2D eigenvalue weighted by molar-refractivity contribution is -0.384. The van der Waals surface area contributed by atoms with Gasteiger partial charge in [0.15, 0.2) is 0 Å². The van der Waals surface area contributed by atoms with Gasteiger partial charge in [-0.15, -0.1) is 0 Å². The zero-order valence-corrected chi connectivity index (χ0v) is 12.1. The minimum atomic E-state index is -0.427. The molecule has 0 fully saturated rings. The summed E-state index contributed by atoms with van der Waals surface area (Å²) in [7, 11) is 1.49. The van der Waals surface area contributed by atoms with E-state index in [1.165, 1.54) is 24.8 Å². The van der Waals surface area contributed by atoms with Crippen molar-refractivity contribution in [3.8, 4) is 5.75 Å². The molecule has 110 valence electrons. The Bertz CT molecular complexity index is 624. The van der Waals surface area contributed by atoms with E-state index in [0.29, 0.717) is 18.0 Å². The first kappa shape index (κ1) is 14.8. The van der Waals surface area contributed by atoms with E-state index in [1.807, 2.05) is 0 Å². The first-order valence-electron chi connectivity index (χ1n) is 6.77. The van der Waals surface area contributed by atoms with E-state index in [4.69, 9.17) is 4.74 Å². The highest BCUT2D eigenvalue weighted by atomic mass is 16.6. The highest BCUT2D eigenvalue weighted by molar-refractivity contribution is 5.56. The summed E-state index contributed by atoms with van der Waals surface area (Å²) in [6.07, 6.45) is 1.01. The lowest BCUT2D eigenvalue weighted by atomic mass is 10.1. The highest BCUT2D eigenvalue weighted by Crippen LogP contribution is 2.26. The Kier molecular flexibility index (Phi) is 4.77. The van der Waals surface area contributed by atoms with Gasteiger partial charge in [0.2, 0.25) is 0 Å². The molecule has 0 aliphatic rings. The van der Waals surface area contributed by atoms with Gasteiger partial charge in [-0.2, -0.15) is 0 Å². The van der Waals surface area contributed by atoms with E-state index in [-0.39, 0.29) is 5.69 Å². The number of ether oxygens (including phenoxy) is 1. The molecule has 2 aromatic rings. The number of rotatable bonds is 6. The number of benzene rings is 2. The molecule has 0 saturated heterocycles. The standard InChI is InChI=1S/C16H18N2O3/c1-3-12-4-6-13(7-5-12)11-17-14-8-15(18(19)20)10-16(9-14)21-2/h4-10,17H,3,11H2,1-2H3. The Labute approximate surface area is 123 Å². The fraction of sp³-hybridized carbons (Fsp3) is 0.250. The zero-order valence-electron chi connectivity index (χ0n) is 12.1. The number of hydrogen-bond donors (Lipinski definition) is 1. The second kappa shape index (κ2) is 6.74. The number of hydrogen-bond acceptors (Lipinski definition) is 4. The number of non-ortho nitro benzene ring substituents is 1. The van der Waals surface area contributed by atoms with Crippen LogP contribution in [0.25, 0.3) is 0 Å². The third-order valence-electron chi connectivity index (χ3n) is 3.27. The van der Waals surface area contributed by atoms with Gasteiger partial charge in [-0.25, -0.2) is 0 Å². The molecule has 0 amide bonds. The molecule has 21 heavy (non-hydrogen) atoms. The predicted octanol–water partition coefficient (Wildman–Crippen LogP) is 3.78. The molecule has 5 nitrogen and oxygen atoms in total. The largest absolute Gasteiger partial charge is 0.496 e. The van der Waals surface area contributed by atoms with E-state index < -0.39 is 4.92 Å².